The highest BCUT2D eigenvalue weighted by molar-refractivity contribution is 7.91. The number of nitrogens with zero attached hydrogens (tertiary/aromatic N) is 1. The summed E-state index contributed by atoms with van der Waals surface area (Å²) >= 11 is 0. The Labute approximate surface area is 161 Å². The molecule has 0 bridgehead atoms. The zero-order chi connectivity index (χ0) is 17.9. The van der Waals surface area contributed by atoms with E-state index in [2.05, 4.69) is 17.0 Å². The van der Waals surface area contributed by atoms with Crippen LogP contribution in [-0.2, 0) is 9.84 Å². The second kappa shape index (κ2) is 8.86. The summed E-state index contributed by atoms with van der Waals surface area (Å²) in [5, 5.41) is 0. The minimum absolute atomic E-state index is 0. The molecule has 0 aromatic heterocycles. The van der Waals surface area contributed by atoms with Gasteiger partial charge in [-0.2, -0.15) is 0 Å². The molecule has 1 fully saturated rings. The normalized spacial score (nSPS) is 20.5. The number of hydrogen-bond donors (Lipinski definition) is 1. The van der Waals surface area contributed by atoms with Gasteiger partial charge in [0.15, 0.2) is 9.84 Å². The van der Waals surface area contributed by atoms with Crippen LogP contribution in [0.3, 0.4) is 0 Å². The molecule has 7 heteroatoms. The predicted molar refractivity (Wildman–Crippen MR) is 106 cm³/mol. The van der Waals surface area contributed by atoms with Crippen LogP contribution in [-0.4, -0.2) is 51.9 Å². The van der Waals surface area contributed by atoms with Crippen molar-refractivity contribution in [2.45, 2.75) is 16.9 Å². The van der Waals surface area contributed by atoms with Crippen LogP contribution >= 0.6 is 12.4 Å². The Bertz CT molecular complexity index is 815. The van der Waals surface area contributed by atoms with E-state index in [0.29, 0.717) is 23.7 Å². The van der Waals surface area contributed by atoms with Gasteiger partial charge in [0.05, 0.1) is 17.8 Å². The first-order valence-corrected chi connectivity index (χ1v) is 10.0. The number of methoxy groups -OCH3 is 1. The molecule has 2 aromatic carbocycles. The summed E-state index contributed by atoms with van der Waals surface area (Å²) in [6, 6.07) is 16.8. The van der Waals surface area contributed by atoms with E-state index in [1.165, 1.54) is 12.7 Å². The number of benzene rings is 2. The number of nitrogens with two attached hydrogens (primary N) is 1. The Morgan fingerprint density at radius 1 is 1.12 bits per heavy atom. The van der Waals surface area contributed by atoms with Gasteiger partial charge >= 0.3 is 0 Å². The summed E-state index contributed by atoms with van der Waals surface area (Å²) in [5.41, 5.74) is 7.50. The van der Waals surface area contributed by atoms with Crippen LogP contribution < -0.4 is 10.5 Å². The molecule has 3 rings (SSSR count). The summed E-state index contributed by atoms with van der Waals surface area (Å²) in [6.07, 6.45) is 0. The van der Waals surface area contributed by atoms with Crippen molar-refractivity contribution >= 4 is 22.2 Å². The molecule has 1 aliphatic rings. The molecule has 1 heterocycles. The summed E-state index contributed by atoms with van der Waals surface area (Å²) in [7, 11) is -1.81. The van der Waals surface area contributed by atoms with Crippen molar-refractivity contribution in [1.29, 1.82) is 0 Å². The van der Waals surface area contributed by atoms with Gasteiger partial charge in [0.25, 0.3) is 0 Å². The van der Waals surface area contributed by atoms with Crippen molar-refractivity contribution < 1.29 is 13.2 Å². The second-order valence-corrected chi connectivity index (χ2v) is 8.55. The standard InChI is InChI=1S/C19H24N2O3S.ClH/c1-24-16-8-5-9-17(12-16)25(22,23)11-10-21-13-18(19(20)14-21)15-6-3-2-4-7-15;/h2-9,12,18-19H,10-11,13-14,20H2,1H3;1H/t18-,19+;/m0./s1. The molecule has 0 saturated carbocycles. The molecule has 1 aliphatic heterocycles. The first kappa shape index (κ1) is 20.7. The third-order valence-corrected chi connectivity index (χ3v) is 6.44. The van der Waals surface area contributed by atoms with Crippen molar-refractivity contribution in [3.05, 3.63) is 60.2 Å². The van der Waals surface area contributed by atoms with Crippen molar-refractivity contribution in [3.63, 3.8) is 0 Å². The molecule has 5 nitrogen and oxygen atoms in total. The van der Waals surface area contributed by atoms with Gasteiger partial charge in [0.1, 0.15) is 5.75 Å². The third kappa shape index (κ3) is 4.76. The van der Waals surface area contributed by atoms with Gasteiger partial charge in [0.2, 0.25) is 0 Å². The maximum absolute atomic E-state index is 12.6. The molecule has 142 valence electrons. The first-order chi connectivity index (χ1) is 12.0. The van der Waals surface area contributed by atoms with Crippen molar-refractivity contribution in [2.75, 3.05) is 32.5 Å². The van der Waals surface area contributed by atoms with Crippen LogP contribution in [0.15, 0.2) is 59.5 Å². The zero-order valence-corrected chi connectivity index (χ0v) is 16.4. The van der Waals surface area contributed by atoms with E-state index in [-0.39, 0.29) is 30.1 Å². The van der Waals surface area contributed by atoms with E-state index in [4.69, 9.17) is 10.5 Å². The average Bonchev–Trinajstić information content (AvgIpc) is 3.02. The number of rotatable bonds is 6. The van der Waals surface area contributed by atoms with Gasteiger partial charge in [-0.3, -0.25) is 0 Å². The Morgan fingerprint density at radius 3 is 2.54 bits per heavy atom. The lowest BCUT2D eigenvalue weighted by molar-refractivity contribution is 0.351. The summed E-state index contributed by atoms with van der Waals surface area (Å²) in [5.74, 6) is 0.878. The largest absolute Gasteiger partial charge is 0.497 e. The van der Waals surface area contributed by atoms with E-state index in [9.17, 15) is 8.42 Å². The molecule has 1 saturated heterocycles. The molecule has 0 radical (unpaired) electrons. The van der Waals surface area contributed by atoms with E-state index < -0.39 is 9.84 Å². The molecule has 0 spiro atoms. The maximum atomic E-state index is 12.6. The minimum Gasteiger partial charge on any atom is -0.497 e. The Kier molecular flexibility index (Phi) is 7.06. The van der Waals surface area contributed by atoms with Crippen LogP contribution in [0.1, 0.15) is 11.5 Å². The van der Waals surface area contributed by atoms with Gasteiger partial charge < -0.3 is 15.4 Å². The fraction of sp³-hybridized carbons (Fsp3) is 0.368. The highest BCUT2D eigenvalue weighted by Crippen LogP contribution is 2.26. The summed E-state index contributed by atoms with van der Waals surface area (Å²) < 4.78 is 30.3. The van der Waals surface area contributed by atoms with Gasteiger partial charge in [-0.1, -0.05) is 36.4 Å². The van der Waals surface area contributed by atoms with Gasteiger partial charge in [-0.05, 0) is 23.8 Å². The molecular weight excluding hydrogens is 372 g/mol. The highest BCUT2D eigenvalue weighted by Gasteiger charge is 2.31. The molecule has 2 aromatic rings. The molecule has 2 N–H and O–H groups in total. The Balaban J connectivity index is 0.00000243. The SMILES string of the molecule is COc1cccc(S(=O)(=O)CCN2C[C@@H](N)[C@H](c3ccccc3)C2)c1.Cl. The van der Waals surface area contributed by atoms with Crippen molar-refractivity contribution in [2.24, 2.45) is 5.73 Å². The highest BCUT2D eigenvalue weighted by atomic mass is 35.5. The molecule has 2 atom stereocenters. The fourth-order valence-electron chi connectivity index (χ4n) is 3.31. The number of sulfone groups is 1. The van der Waals surface area contributed by atoms with Crippen LogP contribution in [0.25, 0.3) is 0 Å². The number of ether oxygens (including phenoxy) is 1. The van der Waals surface area contributed by atoms with Gasteiger partial charge in [0, 0.05) is 31.6 Å². The van der Waals surface area contributed by atoms with Gasteiger partial charge in [-0.25, -0.2) is 8.42 Å². The van der Waals surface area contributed by atoms with Crippen LogP contribution in [0.2, 0.25) is 0 Å². The van der Waals surface area contributed by atoms with E-state index in [0.717, 1.165) is 6.54 Å². The van der Waals surface area contributed by atoms with Crippen molar-refractivity contribution in [1.82, 2.24) is 4.90 Å². The van der Waals surface area contributed by atoms with E-state index >= 15 is 0 Å². The molecule has 0 amide bonds. The zero-order valence-electron chi connectivity index (χ0n) is 14.7. The molecule has 0 aliphatic carbocycles. The smallest absolute Gasteiger partial charge is 0.179 e. The molecule has 0 unspecified atom stereocenters. The number of halogens is 1. The van der Waals surface area contributed by atoms with E-state index in [1.54, 1.807) is 24.3 Å². The lowest BCUT2D eigenvalue weighted by atomic mass is 9.95. The summed E-state index contributed by atoms with van der Waals surface area (Å²) in [4.78, 5) is 2.44. The maximum Gasteiger partial charge on any atom is 0.179 e. The average molecular weight is 397 g/mol. The summed E-state index contributed by atoms with van der Waals surface area (Å²) in [6.45, 7) is 1.99. The topological polar surface area (TPSA) is 72.6 Å². The van der Waals surface area contributed by atoms with Crippen LogP contribution in [0.5, 0.6) is 5.75 Å². The fourth-order valence-corrected chi connectivity index (χ4v) is 4.63. The third-order valence-electron chi connectivity index (χ3n) is 4.75. The van der Waals surface area contributed by atoms with E-state index in [1.807, 2.05) is 18.2 Å². The molecule has 26 heavy (non-hydrogen) atoms. The van der Waals surface area contributed by atoms with Crippen molar-refractivity contribution in [3.8, 4) is 5.75 Å². The second-order valence-electron chi connectivity index (χ2n) is 6.44. The quantitative estimate of drug-likeness (QED) is 0.811. The molecular formula is C19H25ClN2O3S. The lowest BCUT2D eigenvalue weighted by Crippen LogP contribution is -2.31. The lowest BCUT2D eigenvalue weighted by Gasteiger charge is -2.16. The predicted octanol–water partition coefficient (Wildman–Crippen LogP) is 2.32. The monoisotopic (exact) mass is 396 g/mol. The Morgan fingerprint density at radius 2 is 1.85 bits per heavy atom. The minimum atomic E-state index is -3.34. The Hall–Kier alpha value is -1.60. The number of hydrogen-bond acceptors (Lipinski definition) is 5. The van der Waals surface area contributed by atoms with Gasteiger partial charge in [-0.15, -0.1) is 12.4 Å². The number of likely N-dealkylation sites (tertiary alicyclic amines) is 1. The first-order valence-electron chi connectivity index (χ1n) is 8.39. The van der Waals surface area contributed by atoms with Crippen LogP contribution in [0.4, 0.5) is 0 Å². The van der Waals surface area contributed by atoms with Crippen LogP contribution in [0, 0.1) is 0 Å².